The van der Waals surface area contributed by atoms with Crippen LogP contribution in [0.3, 0.4) is 0 Å². The molecule has 1 heterocycles. The summed E-state index contributed by atoms with van der Waals surface area (Å²) < 4.78 is 73.9. The van der Waals surface area contributed by atoms with Gasteiger partial charge in [0.1, 0.15) is 0 Å². The zero-order chi connectivity index (χ0) is 35.0. The fourth-order valence-corrected chi connectivity index (χ4v) is 5.01. The number of aromatic nitrogens is 2. The molecule has 0 aliphatic carbocycles. The summed E-state index contributed by atoms with van der Waals surface area (Å²) in [5.41, 5.74) is -0.0753. The highest BCUT2D eigenvalue weighted by atomic mass is 32.2. The standard InChI is InChI=1S/C30H37F3N6O7S/c1-21-10-12-22(13-11-21)25-19-26(30(31,32)33)34-38(25)23-14-16-24(17-15-23)47(43,44)35-27(40)9-7-6-8-18-37(5)39(42)36-46-20-45-28(41)29(2,3)4/h10-17,19H,6-9,18,20H2,1-5H3,(H,35,40). The highest BCUT2D eigenvalue weighted by Crippen LogP contribution is 2.33. The topological polar surface area (TPSA) is 158 Å². The molecule has 3 rings (SSSR count). The van der Waals surface area contributed by atoms with Gasteiger partial charge in [0.2, 0.25) is 11.2 Å². The average Bonchev–Trinajstić information content (AvgIpc) is 3.45. The van der Waals surface area contributed by atoms with Gasteiger partial charge in [0, 0.05) is 12.0 Å². The molecule has 0 atom stereocenters. The second-order valence-corrected chi connectivity index (χ2v) is 13.4. The van der Waals surface area contributed by atoms with Crippen LogP contribution in [0.15, 0.2) is 64.8 Å². The molecule has 13 nitrogen and oxygen atoms in total. The summed E-state index contributed by atoms with van der Waals surface area (Å²) in [4.78, 5) is 28.6. The molecule has 0 fully saturated rings. The summed E-state index contributed by atoms with van der Waals surface area (Å²) in [6.07, 6.45) is -3.52. The van der Waals surface area contributed by atoms with Crippen molar-refractivity contribution in [1.29, 1.82) is 0 Å². The number of hydrogen-bond donors (Lipinski definition) is 1. The number of ether oxygens (including phenoxy) is 1. The van der Waals surface area contributed by atoms with Gasteiger partial charge in [-0.25, -0.2) is 17.8 Å². The van der Waals surface area contributed by atoms with Crippen molar-refractivity contribution < 1.29 is 45.7 Å². The van der Waals surface area contributed by atoms with Crippen molar-refractivity contribution in [1.82, 2.24) is 19.5 Å². The van der Waals surface area contributed by atoms with Gasteiger partial charge in [-0.1, -0.05) is 36.2 Å². The predicted octanol–water partition coefficient (Wildman–Crippen LogP) is 5.52. The number of carbonyl (C=O) groups excluding carboxylic acids is 2. The number of alkyl halides is 3. The number of nitrogens with zero attached hydrogens (tertiary/aromatic N) is 5. The summed E-state index contributed by atoms with van der Waals surface area (Å²) >= 11 is 0. The molecular formula is C30H37F3N6O7S. The second kappa shape index (κ2) is 15.3. The first-order chi connectivity index (χ1) is 21.9. The molecule has 0 aliphatic heterocycles. The van der Waals surface area contributed by atoms with Crippen molar-refractivity contribution >= 4 is 21.9 Å². The number of carbonyl (C=O) groups is 2. The molecule has 1 N–H and O–H groups in total. The van der Waals surface area contributed by atoms with Crippen LogP contribution in [0.4, 0.5) is 13.2 Å². The third-order valence-electron chi connectivity index (χ3n) is 6.65. The Morgan fingerprint density at radius 1 is 1.04 bits per heavy atom. The lowest BCUT2D eigenvalue weighted by Gasteiger charge is -2.15. The molecule has 0 spiro atoms. The quantitative estimate of drug-likeness (QED) is 0.0577. The normalized spacial score (nSPS) is 12.5. The summed E-state index contributed by atoms with van der Waals surface area (Å²) in [5, 5.41) is 20.1. The lowest BCUT2D eigenvalue weighted by atomic mass is 9.98. The van der Waals surface area contributed by atoms with Gasteiger partial charge in [-0.15, -0.1) is 5.01 Å². The van der Waals surface area contributed by atoms with Gasteiger partial charge in [0.05, 0.1) is 40.3 Å². The molecule has 47 heavy (non-hydrogen) atoms. The lowest BCUT2D eigenvalue weighted by molar-refractivity contribution is -0.706. The maximum absolute atomic E-state index is 13.5. The van der Waals surface area contributed by atoms with E-state index in [1.807, 2.05) is 11.6 Å². The van der Waals surface area contributed by atoms with Gasteiger partial charge in [0.25, 0.3) is 16.8 Å². The number of rotatable bonds is 14. The molecular weight excluding hydrogens is 645 g/mol. The molecule has 2 aromatic carbocycles. The van der Waals surface area contributed by atoms with Gasteiger partial charge in [-0.05, 0) is 70.9 Å². The van der Waals surface area contributed by atoms with E-state index in [0.717, 1.165) is 16.3 Å². The monoisotopic (exact) mass is 682 g/mol. The van der Waals surface area contributed by atoms with E-state index in [0.29, 0.717) is 24.8 Å². The van der Waals surface area contributed by atoms with Gasteiger partial charge in [-0.3, -0.25) is 9.59 Å². The molecule has 0 saturated heterocycles. The number of aryl methyl sites for hydroxylation is 1. The van der Waals surface area contributed by atoms with E-state index < -0.39 is 46.0 Å². The van der Waals surface area contributed by atoms with E-state index in [1.54, 1.807) is 45.0 Å². The fraction of sp³-hybridized carbons (Fsp3) is 0.433. The largest absolute Gasteiger partial charge is 0.569 e. The molecule has 0 unspecified atom stereocenters. The van der Waals surface area contributed by atoms with Crippen LogP contribution in [-0.4, -0.2) is 60.4 Å². The molecule has 1 amide bonds. The minimum absolute atomic E-state index is 0.109. The number of unbranched alkanes of at least 4 members (excludes halogenated alkanes) is 2. The SMILES string of the molecule is Cc1ccc(-c2cc(C(F)(F)F)nn2-c2ccc(S(=O)(=O)NC(=O)CCCCCN(C)[N+]([O-])=NOCOC(=O)C(C)(C)C)cc2)cc1. The van der Waals surface area contributed by atoms with Crippen LogP contribution in [0.1, 0.15) is 57.7 Å². The molecule has 0 aliphatic rings. The van der Waals surface area contributed by atoms with Crippen molar-refractivity contribution in [2.75, 3.05) is 20.4 Å². The molecule has 17 heteroatoms. The number of esters is 1. The Balaban J connectivity index is 1.51. The Labute approximate surface area is 270 Å². The number of hydrazine groups is 1. The predicted molar refractivity (Wildman–Crippen MR) is 163 cm³/mol. The Morgan fingerprint density at radius 3 is 2.28 bits per heavy atom. The third-order valence-corrected chi connectivity index (χ3v) is 8.04. The van der Waals surface area contributed by atoms with Crippen LogP contribution in [0.25, 0.3) is 16.9 Å². The van der Waals surface area contributed by atoms with Gasteiger partial charge in [0.15, 0.2) is 5.69 Å². The van der Waals surface area contributed by atoms with Gasteiger partial charge >= 0.3 is 12.1 Å². The van der Waals surface area contributed by atoms with E-state index >= 15 is 0 Å². The number of benzene rings is 2. The van der Waals surface area contributed by atoms with Crippen LogP contribution in [0.5, 0.6) is 0 Å². The van der Waals surface area contributed by atoms with Crippen molar-refractivity contribution in [3.05, 3.63) is 71.1 Å². The van der Waals surface area contributed by atoms with Crippen LogP contribution in [-0.2, 0) is 35.4 Å². The van der Waals surface area contributed by atoms with Crippen molar-refractivity contribution in [2.24, 2.45) is 10.7 Å². The maximum Gasteiger partial charge on any atom is 0.435 e. The van der Waals surface area contributed by atoms with Crippen LogP contribution in [0, 0.1) is 17.5 Å². The fourth-order valence-electron chi connectivity index (χ4n) is 3.99. The van der Waals surface area contributed by atoms with Crippen molar-refractivity contribution in [3.63, 3.8) is 0 Å². The Bertz CT molecular complexity index is 1670. The van der Waals surface area contributed by atoms with E-state index in [9.17, 15) is 36.4 Å². The van der Waals surface area contributed by atoms with Gasteiger partial charge in [-0.2, -0.15) is 18.3 Å². The summed E-state index contributed by atoms with van der Waals surface area (Å²) in [6, 6.07) is 12.7. The molecule has 0 bridgehead atoms. The highest BCUT2D eigenvalue weighted by Gasteiger charge is 2.35. The number of nitrogens with one attached hydrogen (secondary N) is 1. The molecule has 1 aromatic heterocycles. The number of halogens is 3. The molecule has 0 saturated carbocycles. The van der Waals surface area contributed by atoms with E-state index in [2.05, 4.69) is 10.4 Å². The molecule has 256 valence electrons. The molecule has 0 radical (unpaired) electrons. The zero-order valence-electron chi connectivity index (χ0n) is 26.6. The summed E-state index contributed by atoms with van der Waals surface area (Å²) in [7, 11) is -2.80. The average molecular weight is 683 g/mol. The summed E-state index contributed by atoms with van der Waals surface area (Å²) in [5.74, 6) is -1.26. The Kier molecular flexibility index (Phi) is 12.0. The minimum Gasteiger partial charge on any atom is -0.569 e. The van der Waals surface area contributed by atoms with Crippen LogP contribution in [0.2, 0.25) is 0 Å². The Morgan fingerprint density at radius 2 is 1.68 bits per heavy atom. The summed E-state index contributed by atoms with van der Waals surface area (Å²) in [6.45, 7) is 6.56. The first-order valence-corrected chi connectivity index (χ1v) is 16.0. The second-order valence-electron chi connectivity index (χ2n) is 11.7. The van der Waals surface area contributed by atoms with Gasteiger partial charge < -0.3 is 14.8 Å². The van der Waals surface area contributed by atoms with Crippen molar-refractivity contribution in [3.8, 4) is 16.9 Å². The van der Waals surface area contributed by atoms with E-state index in [4.69, 9.17) is 9.57 Å². The maximum atomic E-state index is 13.5. The number of hydrogen-bond acceptors (Lipinski definition) is 9. The first-order valence-electron chi connectivity index (χ1n) is 14.5. The van der Waals surface area contributed by atoms with Crippen LogP contribution >= 0.6 is 0 Å². The van der Waals surface area contributed by atoms with Crippen LogP contribution < -0.4 is 4.72 Å². The van der Waals surface area contributed by atoms with Crippen molar-refractivity contribution in [2.45, 2.75) is 64.5 Å². The smallest absolute Gasteiger partial charge is 0.435 e. The number of sulfonamides is 1. The first kappa shape index (κ1) is 36.8. The highest BCUT2D eigenvalue weighted by molar-refractivity contribution is 7.90. The Hall–Kier alpha value is -4.67. The zero-order valence-corrected chi connectivity index (χ0v) is 27.4. The number of amides is 1. The molecule has 3 aromatic rings. The van der Waals surface area contributed by atoms with E-state index in [1.165, 1.54) is 36.3 Å². The minimum atomic E-state index is -4.69. The third kappa shape index (κ3) is 10.7. The van der Waals surface area contributed by atoms with E-state index in [-0.39, 0.29) is 34.2 Å². The lowest BCUT2D eigenvalue weighted by Crippen LogP contribution is -2.30.